The van der Waals surface area contributed by atoms with Crippen LogP contribution in [0.4, 0.5) is 5.69 Å². The van der Waals surface area contributed by atoms with Gasteiger partial charge in [0.2, 0.25) is 5.91 Å². The number of aliphatic carboxylic acids is 1. The molecule has 1 amide bonds. The van der Waals surface area contributed by atoms with E-state index in [-0.39, 0.29) is 12.3 Å². The molecule has 3 rings (SSSR count). The Labute approximate surface area is 186 Å². The third-order valence-corrected chi connectivity index (χ3v) is 4.81. The molecule has 0 atom stereocenters. The van der Waals surface area contributed by atoms with Crippen molar-refractivity contribution in [2.24, 2.45) is 5.73 Å². The average molecular weight is 477 g/mol. The highest BCUT2D eigenvalue weighted by molar-refractivity contribution is 9.10. The zero-order chi connectivity index (χ0) is 22.4. The van der Waals surface area contributed by atoms with Crippen molar-refractivity contribution in [3.8, 4) is 0 Å². The van der Waals surface area contributed by atoms with Crippen molar-refractivity contribution in [1.82, 2.24) is 0 Å². The lowest BCUT2D eigenvalue weighted by atomic mass is 9.97. The molecule has 1 saturated carbocycles. The van der Waals surface area contributed by atoms with E-state index in [0.717, 1.165) is 16.3 Å². The standard InChI is InChI=1S/C9H9NO2.C8H7BrO2.C6H13N/c1-7(12)10-9-4-2-8(6-11)3-5-9;9-7-3-1-6(2-4-7)5-8(10)11;7-6-4-2-1-3-5-6/h2-6H,1H3,(H,10,12);1-4H,5H2,(H,10,11);6H,1-5,7H2. The van der Waals surface area contributed by atoms with E-state index >= 15 is 0 Å². The van der Waals surface area contributed by atoms with Crippen LogP contribution in [0.15, 0.2) is 53.0 Å². The van der Waals surface area contributed by atoms with Gasteiger partial charge in [-0.15, -0.1) is 0 Å². The molecule has 1 aliphatic rings. The maximum Gasteiger partial charge on any atom is 0.307 e. The molecule has 6 nitrogen and oxygen atoms in total. The van der Waals surface area contributed by atoms with Gasteiger partial charge in [0.05, 0.1) is 6.42 Å². The second kappa shape index (κ2) is 14.5. The third-order valence-electron chi connectivity index (χ3n) is 4.29. The molecule has 1 fully saturated rings. The lowest BCUT2D eigenvalue weighted by Crippen LogP contribution is -2.22. The van der Waals surface area contributed by atoms with Gasteiger partial charge >= 0.3 is 5.97 Å². The van der Waals surface area contributed by atoms with E-state index < -0.39 is 5.97 Å². The Hall–Kier alpha value is -2.51. The number of carbonyl (C=O) groups is 3. The first-order valence-corrected chi connectivity index (χ1v) is 10.6. The number of hydrogen-bond donors (Lipinski definition) is 3. The van der Waals surface area contributed by atoms with E-state index in [4.69, 9.17) is 10.8 Å². The molecule has 30 heavy (non-hydrogen) atoms. The van der Waals surface area contributed by atoms with Gasteiger partial charge in [0.1, 0.15) is 6.29 Å². The number of anilines is 1. The summed E-state index contributed by atoms with van der Waals surface area (Å²) in [6.07, 6.45) is 7.51. The second-order valence-electron chi connectivity index (χ2n) is 7.02. The van der Waals surface area contributed by atoms with Crippen LogP contribution in [0.2, 0.25) is 0 Å². The fourth-order valence-electron chi connectivity index (χ4n) is 2.76. The molecule has 0 heterocycles. The van der Waals surface area contributed by atoms with Gasteiger partial charge in [0, 0.05) is 28.7 Å². The van der Waals surface area contributed by atoms with Crippen molar-refractivity contribution in [3.05, 3.63) is 64.1 Å². The number of carboxylic acid groups (broad SMARTS) is 1. The minimum absolute atomic E-state index is 0.0906. The van der Waals surface area contributed by atoms with E-state index in [2.05, 4.69) is 21.2 Å². The Morgan fingerprint density at radius 3 is 2.03 bits per heavy atom. The fraction of sp³-hybridized carbons (Fsp3) is 0.348. The van der Waals surface area contributed by atoms with Crippen LogP contribution in [0.25, 0.3) is 0 Å². The number of halogens is 1. The third kappa shape index (κ3) is 12.1. The van der Waals surface area contributed by atoms with Gasteiger partial charge in [-0.2, -0.15) is 0 Å². The topological polar surface area (TPSA) is 109 Å². The van der Waals surface area contributed by atoms with Crippen LogP contribution in [-0.2, 0) is 16.0 Å². The summed E-state index contributed by atoms with van der Waals surface area (Å²) in [4.78, 5) is 31.1. The minimum Gasteiger partial charge on any atom is -0.481 e. The summed E-state index contributed by atoms with van der Waals surface area (Å²) in [5.74, 6) is -0.916. The van der Waals surface area contributed by atoms with E-state index in [1.807, 2.05) is 12.1 Å². The SMILES string of the molecule is CC(=O)Nc1ccc(C=O)cc1.NC1CCCCC1.O=C(O)Cc1ccc(Br)cc1. The molecule has 2 aromatic rings. The molecule has 1 aliphatic carbocycles. The van der Waals surface area contributed by atoms with Crippen molar-refractivity contribution < 1.29 is 19.5 Å². The summed E-state index contributed by atoms with van der Waals surface area (Å²) in [6.45, 7) is 1.44. The summed E-state index contributed by atoms with van der Waals surface area (Å²) in [7, 11) is 0. The molecule has 4 N–H and O–H groups in total. The van der Waals surface area contributed by atoms with Gasteiger partial charge in [-0.1, -0.05) is 47.3 Å². The van der Waals surface area contributed by atoms with Gasteiger partial charge in [-0.3, -0.25) is 14.4 Å². The molecule has 0 radical (unpaired) electrons. The number of nitrogens with two attached hydrogens (primary N) is 1. The van der Waals surface area contributed by atoms with E-state index in [1.54, 1.807) is 36.4 Å². The predicted octanol–water partition coefficient (Wildman–Crippen LogP) is 4.81. The van der Waals surface area contributed by atoms with Crippen LogP contribution in [0.3, 0.4) is 0 Å². The molecule has 0 unspecified atom stereocenters. The largest absolute Gasteiger partial charge is 0.481 e. The Bertz CT molecular complexity index is 786. The van der Waals surface area contributed by atoms with Gasteiger partial charge < -0.3 is 16.2 Å². The zero-order valence-electron chi connectivity index (χ0n) is 17.1. The lowest BCUT2D eigenvalue weighted by Gasteiger charge is -2.15. The molecule has 0 aromatic heterocycles. The quantitative estimate of drug-likeness (QED) is 0.548. The highest BCUT2D eigenvalue weighted by Gasteiger charge is 2.06. The first-order valence-electron chi connectivity index (χ1n) is 9.84. The molecule has 0 aliphatic heterocycles. The molecule has 0 bridgehead atoms. The van der Waals surface area contributed by atoms with Crippen LogP contribution >= 0.6 is 15.9 Å². The van der Waals surface area contributed by atoms with E-state index in [1.165, 1.54) is 39.0 Å². The fourth-order valence-corrected chi connectivity index (χ4v) is 3.02. The van der Waals surface area contributed by atoms with E-state index in [9.17, 15) is 14.4 Å². The van der Waals surface area contributed by atoms with Crippen LogP contribution in [0.5, 0.6) is 0 Å². The lowest BCUT2D eigenvalue weighted by molar-refractivity contribution is -0.136. The van der Waals surface area contributed by atoms with Gasteiger partial charge in [-0.25, -0.2) is 0 Å². The molecular weight excluding hydrogens is 448 g/mol. The Morgan fingerprint density at radius 1 is 1.07 bits per heavy atom. The second-order valence-corrected chi connectivity index (χ2v) is 7.93. The van der Waals surface area contributed by atoms with Crippen molar-refractivity contribution in [1.29, 1.82) is 0 Å². The minimum atomic E-state index is -0.799. The number of amides is 1. The van der Waals surface area contributed by atoms with Gasteiger partial charge in [-0.05, 0) is 54.8 Å². The van der Waals surface area contributed by atoms with Gasteiger partial charge in [0.15, 0.2) is 0 Å². The van der Waals surface area contributed by atoms with Crippen LogP contribution < -0.4 is 11.1 Å². The average Bonchev–Trinajstić information content (AvgIpc) is 2.71. The first kappa shape index (κ1) is 25.5. The monoisotopic (exact) mass is 476 g/mol. The van der Waals surface area contributed by atoms with Gasteiger partial charge in [0.25, 0.3) is 0 Å². The number of carboxylic acids is 1. The smallest absolute Gasteiger partial charge is 0.307 e. The molecule has 0 saturated heterocycles. The summed E-state index contributed by atoms with van der Waals surface area (Å²) in [6, 6.07) is 14.5. The Kier molecular flexibility index (Phi) is 12.3. The molecule has 0 spiro atoms. The number of aldehydes is 1. The molecule has 2 aromatic carbocycles. The van der Waals surface area contributed by atoms with Crippen molar-refractivity contribution >= 4 is 39.8 Å². The predicted molar refractivity (Wildman–Crippen MR) is 123 cm³/mol. The highest BCUT2D eigenvalue weighted by atomic mass is 79.9. The zero-order valence-corrected chi connectivity index (χ0v) is 18.7. The van der Waals surface area contributed by atoms with Crippen molar-refractivity contribution in [3.63, 3.8) is 0 Å². The van der Waals surface area contributed by atoms with E-state index in [0.29, 0.717) is 17.3 Å². The Morgan fingerprint density at radius 2 is 1.63 bits per heavy atom. The normalized spacial score (nSPS) is 13.0. The number of rotatable bonds is 4. The Balaban J connectivity index is 0.000000232. The summed E-state index contributed by atoms with van der Waals surface area (Å²) < 4.78 is 0.964. The maximum absolute atomic E-state index is 10.6. The first-order chi connectivity index (χ1) is 14.3. The van der Waals surface area contributed by atoms with Crippen LogP contribution in [0.1, 0.15) is 54.9 Å². The van der Waals surface area contributed by atoms with Crippen LogP contribution in [-0.4, -0.2) is 29.3 Å². The highest BCUT2D eigenvalue weighted by Crippen LogP contribution is 2.14. The number of carbonyl (C=O) groups excluding carboxylic acids is 2. The number of nitrogens with one attached hydrogen (secondary N) is 1. The maximum atomic E-state index is 10.6. The molecule has 162 valence electrons. The van der Waals surface area contributed by atoms with Crippen molar-refractivity contribution in [2.75, 3.05) is 5.32 Å². The number of benzene rings is 2. The number of hydrogen-bond acceptors (Lipinski definition) is 4. The summed E-state index contributed by atoms with van der Waals surface area (Å²) in [5.41, 5.74) is 7.76. The van der Waals surface area contributed by atoms with Crippen molar-refractivity contribution in [2.45, 2.75) is 51.5 Å². The van der Waals surface area contributed by atoms with Crippen LogP contribution in [0, 0.1) is 0 Å². The molecule has 7 heteroatoms. The summed E-state index contributed by atoms with van der Waals surface area (Å²) >= 11 is 3.26. The summed E-state index contributed by atoms with van der Waals surface area (Å²) in [5, 5.41) is 11.0. The molecular formula is C23H29BrN2O4.